The fraction of sp³-hybridized carbons (Fsp3) is 0.706. The van der Waals surface area contributed by atoms with E-state index in [0.717, 1.165) is 24.4 Å². The summed E-state index contributed by atoms with van der Waals surface area (Å²) in [6.45, 7) is 7.08. The Labute approximate surface area is 122 Å². The number of nitrogens with one attached hydrogen (secondary N) is 1. The maximum Gasteiger partial charge on any atom is 0.0670 e. The van der Waals surface area contributed by atoms with Crippen molar-refractivity contribution in [2.45, 2.75) is 65.0 Å². The standard InChI is InChI=1S/C17H26N2O/c1-4-20-16-11-15(17(16)9-5-6-10-17)19-14-8-7-12(2)18-13(14)3/h7-8,15-16,19H,4-6,9-11H2,1-3H3. The van der Waals surface area contributed by atoms with Crippen molar-refractivity contribution in [3.63, 3.8) is 0 Å². The number of hydrogen-bond donors (Lipinski definition) is 1. The van der Waals surface area contributed by atoms with E-state index in [4.69, 9.17) is 4.74 Å². The summed E-state index contributed by atoms with van der Waals surface area (Å²) in [5, 5.41) is 3.75. The molecular formula is C17H26N2O. The monoisotopic (exact) mass is 274 g/mol. The van der Waals surface area contributed by atoms with Crippen LogP contribution in [0.5, 0.6) is 0 Å². The number of ether oxygens (including phenoxy) is 1. The van der Waals surface area contributed by atoms with Crippen molar-refractivity contribution in [2.75, 3.05) is 11.9 Å². The molecular weight excluding hydrogens is 248 g/mol. The van der Waals surface area contributed by atoms with Gasteiger partial charge in [0.15, 0.2) is 0 Å². The van der Waals surface area contributed by atoms with Gasteiger partial charge >= 0.3 is 0 Å². The molecule has 1 spiro atoms. The highest BCUT2D eigenvalue weighted by molar-refractivity contribution is 5.50. The Morgan fingerprint density at radius 3 is 2.70 bits per heavy atom. The third-order valence-corrected chi connectivity index (χ3v) is 5.24. The maximum atomic E-state index is 5.98. The number of aromatic nitrogens is 1. The summed E-state index contributed by atoms with van der Waals surface area (Å²) in [7, 11) is 0. The summed E-state index contributed by atoms with van der Waals surface area (Å²) in [6.07, 6.45) is 6.94. The van der Waals surface area contributed by atoms with Crippen LogP contribution in [0.1, 0.15) is 50.4 Å². The molecule has 2 saturated carbocycles. The fourth-order valence-corrected chi connectivity index (χ4v) is 4.12. The van der Waals surface area contributed by atoms with E-state index in [-0.39, 0.29) is 0 Å². The molecule has 2 atom stereocenters. The zero-order valence-corrected chi connectivity index (χ0v) is 12.9. The Morgan fingerprint density at radius 2 is 2.05 bits per heavy atom. The van der Waals surface area contributed by atoms with Crippen LogP contribution in [-0.2, 0) is 4.74 Å². The molecule has 3 nitrogen and oxygen atoms in total. The van der Waals surface area contributed by atoms with Crippen molar-refractivity contribution in [1.29, 1.82) is 0 Å². The van der Waals surface area contributed by atoms with Gasteiger partial charge in [-0.2, -0.15) is 0 Å². The molecule has 20 heavy (non-hydrogen) atoms. The Morgan fingerprint density at radius 1 is 1.30 bits per heavy atom. The Kier molecular flexibility index (Phi) is 3.72. The van der Waals surface area contributed by atoms with Crippen molar-refractivity contribution in [3.05, 3.63) is 23.5 Å². The first-order chi connectivity index (χ1) is 9.65. The highest BCUT2D eigenvalue weighted by atomic mass is 16.5. The summed E-state index contributed by atoms with van der Waals surface area (Å²) >= 11 is 0. The topological polar surface area (TPSA) is 34.1 Å². The van der Waals surface area contributed by atoms with Crippen molar-refractivity contribution in [3.8, 4) is 0 Å². The normalized spacial score (nSPS) is 27.6. The Bertz CT molecular complexity index is 480. The molecule has 0 amide bonds. The van der Waals surface area contributed by atoms with Gasteiger partial charge < -0.3 is 10.1 Å². The largest absolute Gasteiger partial charge is 0.380 e. The fourth-order valence-electron chi connectivity index (χ4n) is 4.12. The van der Waals surface area contributed by atoms with Gasteiger partial charge in [-0.15, -0.1) is 0 Å². The zero-order chi connectivity index (χ0) is 14.2. The van der Waals surface area contributed by atoms with Gasteiger partial charge in [-0.3, -0.25) is 4.98 Å². The number of hydrogen-bond acceptors (Lipinski definition) is 3. The molecule has 2 aliphatic carbocycles. The first kappa shape index (κ1) is 13.9. The van der Waals surface area contributed by atoms with Crippen molar-refractivity contribution in [2.24, 2.45) is 5.41 Å². The number of aryl methyl sites for hydroxylation is 2. The molecule has 3 rings (SSSR count). The van der Waals surface area contributed by atoms with Crippen LogP contribution >= 0.6 is 0 Å². The van der Waals surface area contributed by atoms with Gasteiger partial charge in [0.1, 0.15) is 0 Å². The quantitative estimate of drug-likeness (QED) is 0.905. The third-order valence-electron chi connectivity index (χ3n) is 5.24. The summed E-state index contributed by atoms with van der Waals surface area (Å²) in [5.41, 5.74) is 3.78. The molecule has 0 aromatic carbocycles. The average molecular weight is 274 g/mol. The predicted molar refractivity (Wildman–Crippen MR) is 82.1 cm³/mol. The lowest BCUT2D eigenvalue weighted by Gasteiger charge is -2.54. The SMILES string of the molecule is CCOC1CC(Nc2ccc(C)nc2C)C12CCCC2. The Balaban J connectivity index is 1.74. The maximum absolute atomic E-state index is 5.98. The van der Waals surface area contributed by atoms with Crippen molar-refractivity contribution in [1.82, 2.24) is 4.98 Å². The third kappa shape index (κ3) is 2.22. The molecule has 0 radical (unpaired) electrons. The van der Waals surface area contributed by atoms with Gasteiger partial charge in [0, 0.05) is 23.8 Å². The smallest absolute Gasteiger partial charge is 0.0670 e. The van der Waals surface area contributed by atoms with Crippen molar-refractivity contribution < 1.29 is 4.74 Å². The van der Waals surface area contributed by atoms with E-state index in [2.05, 4.69) is 36.3 Å². The lowest BCUT2D eigenvalue weighted by Crippen LogP contribution is -2.60. The lowest BCUT2D eigenvalue weighted by molar-refractivity contribution is -0.114. The van der Waals surface area contributed by atoms with E-state index >= 15 is 0 Å². The minimum atomic E-state index is 0.382. The summed E-state index contributed by atoms with van der Waals surface area (Å²) < 4.78 is 5.98. The van der Waals surface area contributed by atoms with Crippen LogP contribution in [0.4, 0.5) is 5.69 Å². The zero-order valence-electron chi connectivity index (χ0n) is 12.9. The molecule has 3 heteroatoms. The molecule has 1 aromatic heterocycles. The van der Waals surface area contributed by atoms with E-state index in [1.165, 1.54) is 31.4 Å². The number of anilines is 1. The molecule has 0 bridgehead atoms. The average Bonchev–Trinajstić information content (AvgIpc) is 2.92. The molecule has 1 heterocycles. The Hall–Kier alpha value is -1.09. The van der Waals surface area contributed by atoms with E-state index in [1.54, 1.807) is 0 Å². The van der Waals surface area contributed by atoms with E-state index in [0.29, 0.717) is 17.6 Å². The highest BCUT2D eigenvalue weighted by Gasteiger charge is 2.56. The molecule has 2 unspecified atom stereocenters. The minimum absolute atomic E-state index is 0.382. The van der Waals surface area contributed by atoms with Crippen LogP contribution in [0, 0.1) is 19.3 Å². The van der Waals surface area contributed by atoms with Gasteiger partial charge in [0.2, 0.25) is 0 Å². The second-order valence-electron chi connectivity index (χ2n) is 6.40. The van der Waals surface area contributed by atoms with Gasteiger partial charge in [0.25, 0.3) is 0 Å². The van der Waals surface area contributed by atoms with Crippen LogP contribution in [-0.4, -0.2) is 23.7 Å². The molecule has 0 saturated heterocycles. The van der Waals surface area contributed by atoms with Crippen LogP contribution in [0.3, 0.4) is 0 Å². The minimum Gasteiger partial charge on any atom is -0.380 e. The van der Waals surface area contributed by atoms with Crippen LogP contribution in [0.25, 0.3) is 0 Å². The molecule has 110 valence electrons. The molecule has 2 fully saturated rings. The van der Waals surface area contributed by atoms with Crippen LogP contribution < -0.4 is 5.32 Å². The molecule has 1 aromatic rings. The van der Waals surface area contributed by atoms with Crippen LogP contribution in [0.15, 0.2) is 12.1 Å². The predicted octanol–water partition coefficient (Wildman–Crippen LogP) is 3.85. The summed E-state index contributed by atoms with van der Waals surface area (Å²) in [4.78, 5) is 4.56. The lowest BCUT2D eigenvalue weighted by atomic mass is 9.60. The number of rotatable bonds is 4. The van der Waals surface area contributed by atoms with Gasteiger partial charge in [-0.05, 0) is 52.2 Å². The van der Waals surface area contributed by atoms with Gasteiger partial charge in [-0.1, -0.05) is 12.8 Å². The van der Waals surface area contributed by atoms with E-state index < -0.39 is 0 Å². The van der Waals surface area contributed by atoms with E-state index in [9.17, 15) is 0 Å². The van der Waals surface area contributed by atoms with Gasteiger partial charge in [-0.25, -0.2) is 0 Å². The summed E-state index contributed by atoms with van der Waals surface area (Å²) in [5.74, 6) is 0. The molecule has 2 aliphatic rings. The second-order valence-corrected chi connectivity index (χ2v) is 6.40. The van der Waals surface area contributed by atoms with Crippen LogP contribution in [0.2, 0.25) is 0 Å². The summed E-state index contributed by atoms with van der Waals surface area (Å²) in [6, 6.07) is 4.83. The second kappa shape index (κ2) is 5.36. The van der Waals surface area contributed by atoms with E-state index in [1.807, 2.05) is 6.92 Å². The first-order valence-electron chi connectivity index (χ1n) is 7.98. The number of nitrogens with zero attached hydrogens (tertiary/aromatic N) is 1. The highest BCUT2D eigenvalue weighted by Crippen LogP contribution is 2.55. The first-order valence-corrected chi connectivity index (χ1v) is 7.98. The molecule has 1 N–H and O–H groups in total. The number of pyridine rings is 1. The van der Waals surface area contributed by atoms with Gasteiger partial charge in [0.05, 0.1) is 17.5 Å². The molecule has 0 aliphatic heterocycles. The van der Waals surface area contributed by atoms with Crippen molar-refractivity contribution >= 4 is 5.69 Å².